The number of aromatic nitrogens is 2. The molecule has 6 nitrogen and oxygen atoms in total. The van der Waals surface area contributed by atoms with E-state index in [0.717, 1.165) is 38.2 Å². The average Bonchev–Trinajstić information content (AvgIpc) is 3.58. The summed E-state index contributed by atoms with van der Waals surface area (Å²) in [6.07, 6.45) is 8.29. The van der Waals surface area contributed by atoms with Crippen molar-refractivity contribution in [3.8, 4) is 5.69 Å². The molecule has 0 N–H and O–H groups in total. The fourth-order valence-electron chi connectivity index (χ4n) is 5.05. The molecule has 6 rings (SSSR count). The van der Waals surface area contributed by atoms with Gasteiger partial charge in [-0.1, -0.05) is 12.1 Å². The first-order valence-electron chi connectivity index (χ1n) is 12.1. The van der Waals surface area contributed by atoms with Gasteiger partial charge in [-0.25, -0.2) is 4.39 Å². The molecule has 0 unspecified atom stereocenters. The maximum atomic E-state index is 15.2. The van der Waals surface area contributed by atoms with Gasteiger partial charge in [-0.2, -0.15) is 0 Å². The SMILES string of the molecule is O=Cc1cn(C2CC2)c2cc(N3CCN(Cc4ccc(-n5cccc5)cc4)CC3)c(F)cc2c1=O. The first-order chi connectivity index (χ1) is 17.1. The summed E-state index contributed by atoms with van der Waals surface area (Å²) in [6.45, 7) is 3.94. The molecule has 2 aliphatic rings. The van der Waals surface area contributed by atoms with Crippen molar-refractivity contribution in [2.75, 3.05) is 31.1 Å². The van der Waals surface area contributed by atoms with Crippen molar-refractivity contribution in [3.63, 3.8) is 0 Å². The van der Waals surface area contributed by atoms with Crippen LogP contribution in [0.15, 0.2) is 71.9 Å². The number of halogens is 1. The lowest BCUT2D eigenvalue weighted by atomic mass is 10.1. The number of piperazine rings is 1. The third-order valence-corrected chi connectivity index (χ3v) is 7.15. The van der Waals surface area contributed by atoms with Gasteiger partial charge in [0.25, 0.3) is 0 Å². The second-order valence-electron chi connectivity index (χ2n) is 9.51. The quantitative estimate of drug-likeness (QED) is 0.392. The lowest BCUT2D eigenvalue weighted by Crippen LogP contribution is -2.46. The number of hydrogen-bond acceptors (Lipinski definition) is 4. The Bertz CT molecular complexity index is 1430. The Morgan fingerprint density at radius 2 is 1.69 bits per heavy atom. The zero-order valence-corrected chi connectivity index (χ0v) is 19.4. The second-order valence-corrected chi connectivity index (χ2v) is 9.51. The van der Waals surface area contributed by atoms with Crippen LogP contribution in [0.4, 0.5) is 10.1 Å². The highest BCUT2D eigenvalue weighted by molar-refractivity contribution is 5.88. The molecule has 0 bridgehead atoms. The van der Waals surface area contributed by atoms with E-state index in [0.29, 0.717) is 30.6 Å². The van der Waals surface area contributed by atoms with Crippen LogP contribution in [0.5, 0.6) is 0 Å². The fourth-order valence-corrected chi connectivity index (χ4v) is 5.05. The van der Waals surface area contributed by atoms with Crippen LogP contribution in [-0.2, 0) is 6.54 Å². The van der Waals surface area contributed by atoms with Gasteiger partial charge < -0.3 is 14.0 Å². The van der Waals surface area contributed by atoms with Crippen LogP contribution in [0.25, 0.3) is 16.6 Å². The average molecular weight is 471 g/mol. The molecule has 2 aromatic heterocycles. The van der Waals surface area contributed by atoms with Gasteiger partial charge in [-0.15, -0.1) is 0 Å². The summed E-state index contributed by atoms with van der Waals surface area (Å²) >= 11 is 0. The van der Waals surface area contributed by atoms with Crippen LogP contribution < -0.4 is 10.3 Å². The minimum atomic E-state index is -0.408. The number of carbonyl (C=O) groups is 1. The predicted octanol–water partition coefficient (Wildman–Crippen LogP) is 4.40. The van der Waals surface area contributed by atoms with Gasteiger partial charge in [0, 0.05) is 68.4 Å². The standard InChI is InChI=1S/C28H27FN4O2/c29-25-15-24-26(33(23-7-8-23)18-21(19-34)28(24)35)16-27(25)32-13-11-30(12-14-32)17-20-3-5-22(6-4-20)31-9-1-2-10-31/h1-6,9-10,15-16,18-19,23H,7-8,11-14,17H2. The molecule has 4 aromatic rings. The number of aldehydes is 1. The summed E-state index contributed by atoms with van der Waals surface area (Å²) in [6, 6.07) is 16.0. The Labute approximate surface area is 202 Å². The van der Waals surface area contributed by atoms with E-state index < -0.39 is 11.2 Å². The van der Waals surface area contributed by atoms with Gasteiger partial charge in [0.2, 0.25) is 0 Å². The summed E-state index contributed by atoms with van der Waals surface area (Å²) in [7, 11) is 0. The number of anilines is 1. The van der Waals surface area contributed by atoms with Crippen LogP contribution in [0, 0.1) is 5.82 Å². The Kier molecular flexibility index (Phi) is 5.49. The second kappa shape index (κ2) is 8.82. The van der Waals surface area contributed by atoms with Crippen LogP contribution >= 0.6 is 0 Å². The molecule has 7 heteroatoms. The third-order valence-electron chi connectivity index (χ3n) is 7.15. The van der Waals surface area contributed by atoms with Gasteiger partial charge in [0.15, 0.2) is 11.7 Å². The Morgan fingerprint density at radius 3 is 2.34 bits per heavy atom. The summed E-state index contributed by atoms with van der Waals surface area (Å²) in [5.74, 6) is -0.408. The van der Waals surface area contributed by atoms with E-state index in [1.54, 1.807) is 12.3 Å². The molecule has 1 saturated carbocycles. The molecule has 3 heterocycles. The molecular weight excluding hydrogens is 443 g/mol. The highest BCUT2D eigenvalue weighted by Gasteiger charge is 2.27. The van der Waals surface area contributed by atoms with Crippen LogP contribution in [-0.4, -0.2) is 46.5 Å². The van der Waals surface area contributed by atoms with Crippen molar-refractivity contribution in [1.82, 2.24) is 14.0 Å². The Balaban J connectivity index is 1.19. The molecular formula is C28H27FN4O2. The molecule has 0 spiro atoms. The van der Waals surface area contributed by atoms with Gasteiger partial charge in [-0.05, 0) is 54.8 Å². The van der Waals surface area contributed by atoms with Crippen molar-refractivity contribution < 1.29 is 9.18 Å². The van der Waals surface area contributed by atoms with E-state index in [4.69, 9.17) is 0 Å². The smallest absolute Gasteiger partial charge is 0.199 e. The monoisotopic (exact) mass is 470 g/mol. The lowest BCUT2D eigenvalue weighted by Gasteiger charge is -2.36. The number of rotatable bonds is 6. The van der Waals surface area contributed by atoms with E-state index in [9.17, 15) is 9.59 Å². The summed E-state index contributed by atoms with van der Waals surface area (Å²) in [5.41, 5.74) is 3.33. The fraction of sp³-hybridized carbons (Fsp3) is 0.286. The third kappa shape index (κ3) is 4.17. The van der Waals surface area contributed by atoms with Crippen LogP contribution in [0.1, 0.15) is 34.8 Å². The summed E-state index contributed by atoms with van der Waals surface area (Å²) in [5, 5.41) is 0.282. The molecule has 2 fully saturated rings. The molecule has 178 valence electrons. The first-order valence-corrected chi connectivity index (χ1v) is 12.1. The van der Waals surface area contributed by atoms with Crippen molar-refractivity contribution in [2.45, 2.75) is 25.4 Å². The number of hydrogen-bond donors (Lipinski definition) is 0. The zero-order valence-electron chi connectivity index (χ0n) is 19.4. The molecule has 2 aromatic carbocycles. The van der Waals surface area contributed by atoms with E-state index in [1.807, 2.05) is 29.1 Å². The Hall–Kier alpha value is -3.71. The molecule has 0 radical (unpaired) electrons. The number of carbonyl (C=O) groups excluding carboxylic acids is 1. The molecule has 35 heavy (non-hydrogen) atoms. The van der Waals surface area contributed by atoms with Crippen molar-refractivity contribution >= 4 is 22.9 Å². The molecule has 1 aliphatic carbocycles. The van der Waals surface area contributed by atoms with Crippen LogP contribution in [0.3, 0.4) is 0 Å². The first kappa shape index (κ1) is 21.8. The van der Waals surface area contributed by atoms with Gasteiger partial charge in [0.1, 0.15) is 5.82 Å². The van der Waals surface area contributed by atoms with E-state index in [-0.39, 0.29) is 17.0 Å². The van der Waals surface area contributed by atoms with E-state index >= 15 is 4.39 Å². The molecule has 1 aliphatic heterocycles. The van der Waals surface area contributed by atoms with Crippen LogP contribution in [0.2, 0.25) is 0 Å². The molecule has 0 amide bonds. The zero-order chi connectivity index (χ0) is 23.9. The molecule has 1 saturated heterocycles. The summed E-state index contributed by atoms with van der Waals surface area (Å²) in [4.78, 5) is 28.5. The van der Waals surface area contributed by atoms with E-state index in [1.165, 1.54) is 11.6 Å². The maximum Gasteiger partial charge on any atom is 0.199 e. The number of fused-ring (bicyclic) bond motifs is 1. The predicted molar refractivity (Wildman–Crippen MR) is 135 cm³/mol. The largest absolute Gasteiger partial charge is 0.367 e. The van der Waals surface area contributed by atoms with Gasteiger partial charge in [-0.3, -0.25) is 14.5 Å². The van der Waals surface area contributed by atoms with Gasteiger partial charge >= 0.3 is 0 Å². The highest BCUT2D eigenvalue weighted by atomic mass is 19.1. The molecule has 0 atom stereocenters. The van der Waals surface area contributed by atoms with E-state index in [2.05, 4.69) is 38.6 Å². The number of pyridine rings is 1. The van der Waals surface area contributed by atoms with Crippen molar-refractivity contribution in [3.05, 3.63) is 94.3 Å². The topological polar surface area (TPSA) is 50.5 Å². The Morgan fingerprint density at radius 1 is 0.971 bits per heavy atom. The van der Waals surface area contributed by atoms with Crippen molar-refractivity contribution in [2.24, 2.45) is 0 Å². The number of nitrogens with zero attached hydrogens (tertiary/aromatic N) is 4. The van der Waals surface area contributed by atoms with Crippen molar-refractivity contribution in [1.29, 1.82) is 0 Å². The minimum absolute atomic E-state index is 0.0894. The minimum Gasteiger partial charge on any atom is -0.367 e. The lowest BCUT2D eigenvalue weighted by molar-refractivity contribution is 0.112. The highest BCUT2D eigenvalue weighted by Crippen LogP contribution is 2.38. The number of benzene rings is 2. The summed E-state index contributed by atoms with van der Waals surface area (Å²) < 4.78 is 19.2. The normalized spacial score (nSPS) is 16.7. The maximum absolute atomic E-state index is 15.2. The van der Waals surface area contributed by atoms with Gasteiger partial charge in [0.05, 0.1) is 16.8 Å².